The van der Waals surface area contributed by atoms with Crippen molar-refractivity contribution >= 4 is 27.5 Å². The highest BCUT2D eigenvalue weighted by molar-refractivity contribution is 7.21. The summed E-state index contributed by atoms with van der Waals surface area (Å²) < 4.78 is 1.23. The molecule has 112 valence electrons. The summed E-state index contributed by atoms with van der Waals surface area (Å²) >= 11 is 1.44. The monoisotopic (exact) mass is 314 g/mol. The van der Waals surface area contributed by atoms with Gasteiger partial charge in [0.1, 0.15) is 16.7 Å². The molecule has 3 aromatic rings. The number of aromatic nitrogens is 2. The van der Waals surface area contributed by atoms with Crippen molar-refractivity contribution in [1.29, 1.82) is 0 Å². The van der Waals surface area contributed by atoms with E-state index in [1.54, 1.807) is 13.0 Å². The Hall–Kier alpha value is -2.47. The van der Waals surface area contributed by atoms with Crippen molar-refractivity contribution in [3.8, 4) is 10.4 Å². The van der Waals surface area contributed by atoms with Crippen LogP contribution in [0.25, 0.3) is 20.7 Å². The minimum Gasteiger partial charge on any atom is -0.480 e. The third kappa shape index (κ3) is 2.31. The lowest BCUT2D eigenvalue weighted by molar-refractivity contribution is -0.140. The van der Waals surface area contributed by atoms with E-state index in [0.29, 0.717) is 16.0 Å². The van der Waals surface area contributed by atoms with Crippen LogP contribution >= 0.6 is 11.3 Å². The van der Waals surface area contributed by atoms with Crippen LogP contribution in [-0.2, 0) is 4.79 Å². The van der Waals surface area contributed by atoms with Crippen LogP contribution in [0.1, 0.15) is 18.8 Å². The van der Waals surface area contributed by atoms with E-state index in [2.05, 4.69) is 4.98 Å². The molecule has 6 heteroatoms. The first-order valence-corrected chi connectivity index (χ1v) is 7.61. The first-order chi connectivity index (χ1) is 10.5. The Morgan fingerprint density at radius 1 is 1.32 bits per heavy atom. The molecular weight excluding hydrogens is 300 g/mol. The van der Waals surface area contributed by atoms with Crippen LogP contribution in [0.4, 0.5) is 0 Å². The number of carboxylic acids is 1. The molecule has 3 rings (SSSR count). The highest BCUT2D eigenvalue weighted by atomic mass is 32.1. The van der Waals surface area contributed by atoms with Crippen LogP contribution in [0, 0.1) is 6.92 Å². The zero-order chi connectivity index (χ0) is 15.9. The molecule has 0 amide bonds. The highest BCUT2D eigenvalue weighted by Gasteiger charge is 2.20. The summed E-state index contributed by atoms with van der Waals surface area (Å²) in [6, 6.07) is 10.6. The molecule has 0 aliphatic heterocycles. The summed E-state index contributed by atoms with van der Waals surface area (Å²) in [5.74, 6) is -0.640. The average Bonchev–Trinajstić information content (AvgIpc) is 2.92. The van der Waals surface area contributed by atoms with Gasteiger partial charge in [-0.1, -0.05) is 30.3 Å². The molecule has 1 N–H and O–H groups in total. The Morgan fingerprint density at radius 3 is 2.64 bits per heavy atom. The second kappa shape index (κ2) is 5.38. The second-order valence-electron chi connectivity index (χ2n) is 5.04. The number of carboxylic acid groups (broad SMARTS) is 1. The summed E-state index contributed by atoms with van der Waals surface area (Å²) in [6.45, 7) is 3.14. The SMILES string of the molecule is Cc1nc2sc(-c3ccccc3)cc2c(=O)n1C(C)C(=O)O. The van der Waals surface area contributed by atoms with E-state index in [1.165, 1.54) is 22.8 Å². The Balaban J connectivity index is 2.24. The number of carbonyl (C=O) groups is 1. The Labute approximate surface area is 130 Å². The molecule has 0 bridgehead atoms. The van der Waals surface area contributed by atoms with Gasteiger partial charge in [0.15, 0.2) is 0 Å². The molecular formula is C16H14N2O3S. The lowest BCUT2D eigenvalue weighted by Crippen LogP contribution is -2.30. The van der Waals surface area contributed by atoms with Crippen molar-refractivity contribution in [3.63, 3.8) is 0 Å². The van der Waals surface area contributed by atoms with Crippen LogP contribution in [0.3, 0.4) is 0 Å². The van der Waals surface area contributed by atoms with Gasteiger partial charge in [0.25, 0.3) is 5.56 Å². The number of benzene rings is 1. The second-order valence-corrected chi connectivity index (χ2v) is 6.07. The van der Waals surface area contributed by atoms with E-state index in [4.69, 9.17) is 5.11 Å². The maximum absolute atomic E-state index is 12.6. The smallest absolute Gasteiger partial charge is 0.326 e. The van der Waals surface area contributed by atoms with E-state index in [-0.39, 0.29) is 5.56 Å². The van der Waals surface area contributed by atoms with Gasteiger partial charge in [-0.15, -0.1) is 11.3 Å². The normalized spacial score (nSPS) is 12.5. The molecule has 0 aliphatic carbocycles. The van der Waals surface area contributed by atoms with Crippen molar-refractivity contribution in [1.82, 2.24) is 9.55 Å². The molecule has 0 spiro atoms. The van der Waals surface area contributed by atoms with Gasteiger partial charge < -0.3 is 5.11 Å². The van der Waals surface area contributed by atoms with Gasteiger partial charge in [0, 0.05) is 4.88 Å². The molecule has 0 fully saturated rings. The van der Waals surface area contributed by atoms with Crippen molar-refractivity contribution in [2.24, 2.45) is 0 Å². The molecule has 5 nitrogen and oxygen atoms in total. The van der Waals surface area contributed by atoms with Crippen LogP contribution in [-0.4, -0.2) is 20.6 Å². The fraction of sp³-hybridized carbons (Fsp3) is 0.188. The minimum atomic E-state index is -1.05. The number of hydrogen-bond donors (Lipinski definition) is 1. The van der Waals surface area contributed by atoms with Crippen LogP contribution in [0.15, 0.2) is 41.2 Å². The van der Waals surface area contributed by atoms with Crippen LogP contribution < -0.4 is 5.56 Å². The molecule has 0 saturated carbocycles. The fourth-order valence-electron chi connectivity index (χ4n) is 2.41. The van der Waals surface area contributed by atoms with Crippen molar-refractivity contribution in [2.75, 3.05) is 0 Å². The van der Waals surface area contributed by atoms with E-state index in [0.717, 1.165) is 10.4 Å². The summed E-state index contributed by atoms with van der Waals surface area (Å²) in [4.78, 5) is 29.8. The summed E-state index contributed by atoms with van der Waals surface area (Å²) in [7, 11) is 0. The molecule has 22 heavy (non-hydrogen) atoms. The quantitative estimate of drug-likeness (QED) is 0.806. The van der Waals surface area contributed by atoms with Gasteiger partial charge >= 0.3 is 5.97 Å². The zero-order valence-corrected chi connectivity index (χ0v) is 12.9. The molecule has 1 aromatic carbocycles. The van der Waals surface area contributed by atoms with Crippen LogP contribution in [0.2, 0.25) is 0 Å². The van der Waals surface area contributed by atoms with Gasteiger partial charge in [-0.05, 0) is 25.5 Å². The minimum absolute atomic E-state index is 0.309. The first kappa shape index (κ1) is 14.5. The summed E-state index contributed by atoms with van der Waals surface area (Å²) in [5, 5.41) is 9.62. The number of nitrogens with zero attached hydrogens (tertiary/aromatic N) is 2. The molecule has 1 unspecified atom stereocenters. The fourth-order valence-corrected chi connectivity index (χ4v) is 3.48. The average molecular weight is 314 g/mol. The van der Waals surface area contributed by atoms with E-state index in [1.807, 2.05) is 30.3 Å². The summed E-state index contributed by atoms with van der Waals surface area (Å²) in [5.41, 5.74) is 0.705. The number of hydrogen-bond acceptors (Lipinski definition) is 4. The Kier molecular flexibility index (Phi) is 3.54. The number of thiophene rings is 1. The Bertz CT molecular complexity index is 912. The number of fused-ring (bicyclic) bond motifs is 1. The van der Waals surface area contributed by atoms with Crippen LogP contribution in [0.5, 0.6) is 0 Å². The van der Waals surface area contributed by atoms with Crippen molar-refractivity contribution in [3.05, 3.63) is 52.6 Å². The Morgan fingerprint density at radius 2 is 2.00 bits per heavy atom. The zero-order valence-electron chi connectivity index (χ0n) is 12.1. The lowest BCUT2D eigenvalue weighted by atomic mass is 10.2. The van der Waals surface area contributed by atoms with E-state index >= 15 is 0 Å². The molecule has 0 aliphatic rings. The standard InChI is InChI=1S/C16H14N2O3S/c1-9(16(20)21)18-10(2)17-14-12(15(18)19)8-13(22-14)11-6-4-3-5-7-11/h3-9H,1-2H3,(H,20,21). The third-order valence-corrected chi connectivity index (χ3v) is 4.65. The molecule has 2 heterocycles. The largest absolute Gasteiger partial charge is 0.480 e. The molecule has 1 atom stereocenters. The topological polar surface area (TPSA) is 72.2 Å². The molecule has 0 saturated heterocycles. The number of aliphatic carboxylic acids is 1. The predicted molar refractivity (Wildman–Crippen MR) is 86.4 cm³/mol. The molecule has 0 radical (unpaired) electrons. The highest BCUT2D eigenvalue weighted by Crippen LogP contribution is 2.31. The van der Waals surface area contributed by atoms with Gasteiger partial charge in [-0.3, -0.25) is 9.36 Å². The van der Waals surface area contributed by atoms with Gasteiger partial charge in [0.05, 0.1) is 5.39 Å². The van der Waals surface area contributed by atoms with Gasteiger partial charge in [0.2, 0.25) is 0 Å². The number of rotatable bonds is 3. The first-order valence-electron chi connectivity index (χ1n) is 6.80. The van der Waals surface area contributed by atoms with Gasteiger partial charge in [-0.25, -0.2) is 9.78 Å². The maximum Gasteiger partial charge on any atom is 0.326 e. The predicted octanol–water partition coefficient (Wildman–Crippen LogP) is 3.08. The van der Waals surface area contributed by atoms with Gasteiger partial charge in [-0.2, -0.15) is 0 Å². The van der Waals surface area contributed by atoms with E-state index in [9.17, 15) is 9.59 Å². The van der Waals surface area contributed by atoms with Crippen molar-refractivity contribution < 1.29 is 9.90 Å². The van der Waals surface area contributed by atoms with Crippen molar-refractivity contribution in [2.45, 2.75) is 19.9 Å². The number of aryl methyl sites for hydroxylation is 1. The maximum atomic E-state index is 12.6. The lowest BCUT2D eigenvalue weighted by Gasteiger charge is -2.13. The van der Waals surface area contributed by atoms with E-state index < -0.39 is 12.0 Å². The summed E-state index contributed by atoms with van der Waals surface area (Å²) in [6.07, 6.45) is 0. The molecule has 2 aromatic heterocycles. The third-order valence-electron chi connectivity index (χ3n) is 3.58.